The number of rotatable bonds is 5. The Morgan fingerprint density at radius 3 is 2.71 bits per heavy atom. The van der Waals surface area contributed by atoms with E-state index in [0.717, 1.165) is 16.4 Å². The molecule has 0 bridgehead atoms. The smallest absolute Gasteiger partial charge is 0.340 e. The van der Waals surface area contributed by atoms with Crippen molar-refractivity contribution in [1.82, 2.24) is 0 Å². The van der Waals surface area contributed by atoms with Crippen LogP contribution in [0.15, 0.2) is 22.6 Å². The summed E-state index contributed by atoms with van der Waals surface area (Å²) in [5.41, 5.74) is 0.391. The van der Waals surface area contributed by atoms with E-state index in [2.05, 4.69) is 5.32 Å². The van der Waals surface area contributed by atoms with Gasteiger partial charge in [-0.1, -0.05) is 0 Å². The Kier molecular flexibility index (Phi) is 4.80. The van der Waals surface area contributed by atoms with E-state index in [9.17, 15) is 9.59 Å². The Balaban J connectivity index is 1.98. The zero-order valence-corrected chi connectivity index (χ0v) is 13.0. The number of hydrogen-bond acceptors (Lipinski definition) is 5. The van der Waals surface area contributed by atoms with Crippen LogP contribution in [0, 0.1) is 13.8 Å². The third-order valence-corrected chi connectivity index (χ3v) is 3.87. The topological polar surface area (TPSA) is 68.5 Å². The number of nitrogens with one attached hydrogen (secondary N) is 1. The molecule has 2 aromatic heterocycles. The van der Waals surface area contributed by atoms with Crippen molar-refractivity contribution in [1.29, 1.82) is 0 Å². The van der Waals surface area contributed by atoms with E-state index in [-0.39, 0.29) is 5.91 Å². The van der Waals surface area contributed by atoms with Crippen LogP contribution in [0.3, 0.4) is 0 Å². The molecule has 0 radical (unpaired) electrons. The fraction of sp³-hybridized carbons (Fsp3) is 0.333. The van der Waals surface area contributed by atoms with Crippen LogP contribution in [-0.2, 0) is 16.0 Å². The van der Waals surface area contributed by atoms with E-state index >= 15 is 0 Å². The second-order valence-electron chi connectivity index (χ2n) is 4.65. The van der Waals surface area contributed by atoms with Gasteiger partial charge in [0.2, 0.25) is 5.91 Å². The first-order valence-electron chi connectivity index (χ1n) is 6.53. The summed E-state index contributed by atoms with van der Waals surface area (Å²) in [4.78, 5) is 24.5. The van der Waals surface area contributed by atoms with E-state index in [4.69, 9.17) is 9.15 Å². The molecule has 5 nitrogen and oxygen atoms in total. The van der Waals surface area contributed by atoms with Crippen LogP contribution in [-0.4, -0.2) is 19.0 Å². The predicted octanol–water partition coefficient (Wildman–Crippen LogP) is 3.32. The lowest BCUT2D eigenvalue weighted by Crippen LogP contribution is -2.14. The summed E-state index contributed by atoms with van der Waals surface area (Å²) in [6, 6.07) is 5.44. The molecular formula is C15H17NO4S. The molecule has 2 aromatic rings. The summed E-state index contributed by atoms with van der Waals surface area (Å²) in [5, 5.41) is 3.29. The zero-order chi connectivity index (χ0) is 15.4. The third kappa shape index (κ3) is 3.95. The van der Waals surface area contributed by atoms with E-state index in [1.807, 2.05) is 26.0 Å². The van der Waals surface area contributed by atoms with E-state index in [1.54, 1.807) is 6.07 Å². The number of amides is 1. The molecule has 1 amide bonds. The molecule has 0 unspecified atom stereocenters. The predicted molar refractivity (Wildman–Crippen MR) is 80.8 cm³/mol. The molecule has 21 heavy (non-hydrogen) atoms. The standard InChI is InChI=1S/C15H17NO4S/c1-9-4-5-11(20-9)6-7-13(17)16-14-12(15(18)19-3)8-10(2)21-14/h4-5,8H,6-7H2,1-3H3,(H,16,17). The van der Waals surface area contributed by atoms with Gasteiger partial charge >= 0.3 is 5.97 Å². The molecule has 112 valence electrons. The maximum atomic E-state index is 12.0. The first-order valence-corrected chi connectivity index (χ1v) is 7.35. The third-order valence-electron chi connectivity index (χ3n) is 2.91. The van der Waals surface area contributed by atoms with Crippen LogP contribution < -0.4 is 5.32 Å². The van der Waals surface area contributed by atoms with Gasteiger partial charge in [0.15, 0.2) is 0 Å². The van der Waals surface area contributed by atoms with Crippen LogP contribution in [0.25, 0.3) is 0 Å². The van der Waals surface area contributed by atoms with Crippen LogP contribution in [0.2, 0.25) is 0 Å². The molecule has 0 aromatic carbocycles. The Hall–Kier alpha value is -2.08. The number of hydrogen-bond donors (Lipinski definition) is 1. The van der Waals surface area contributed by atoms with E-state index < -0.39 is 5.97 Å². The molecule has 0 saturated carbocycles. The molecule has 0 fully saturated rings. The van der Waals surface area contributed by atoms with Crippen LogP contribution in [0.1, 0.15) is 33.2 Å². The number of thiophene rings is 1. The lowest BCUT2D eigenvalue weighted by atomic mass is 10.2. The molecule has 0 aliphatic heterocycles. The molecule has 0 atom stereocenters. The SMILES string of the molecule is COC(=O)c1cc(C)sc1NC(=O)CCc1ccc(C)o1. The number of anilines is 1. The lowest BCUT2D eigenvalue weighted by molar-refractivity contribution is -0.116. The monoisotopic (exact) mass is 307 g/mol. The van der Waals surface area contributed by atoms with Gasteiger partial charge in [-0.3, -0.25) is 4.79 Å². The quantitative estimate of drug-likeness (QED) is 0.860. The average molecular weight is 307 g/mol. The van der Waals surface area contributed by atoms with Crippen LogP contribution >= 0.6 is 11.3 Å². The zero-order valence-electron chi connectivity index (χ0n) is 12.2. The number of furan rings is 1. The van der Waals surface area contributed by atoms with Crippen molar-refractivity contribution in [2.75, 3.05) is 12.4 Å². The van der Waals surface area contributed by atoms with Crippen molar-refractivity contribution in [3.63, 3.8) is 0 Å². The highest BCUT2D eigenvalue weighted by Crippen LogP contribution is 2.28. The number of ether oxygens (including phenoxy) is 1. The number of carbonyl (C=O) groups is 2. The number of esters is 1. The molecule has 0 saturated heterocycles. The average Bonchev–Trinajstić information content (AvgIpc) is 3.01. The highest BCUT2D eigenvalue weighted by Gasteiger charge is 2.17. The van der Waals surface area contributed by atoms with Crippen molar-refractivity contribution in [2.45, 2.75) is 26.7 Å². The Morgan fingerprint density at radius 1 is 1.33 bits per heavy atom. The lowest BCUT2D eigenvalue weighted by Gasteiger charge is -2.04. The van der Waals surface area contributed by atoms with Gasteiger partial charge in [0.25, 0.3) is 0 Å². The number of carbonyl (C=O) groups excluding carboxylic acids is 2. The Bertz CT molecular complexity index is 656. The summed E-state index contributed by atoms with van der Waals surface area (Å²) in [5.74, 6) is 0.998. The second kappa shape index (κ2) is 6.58. The molecule has 0 aliphatic rings. The minimum absolute atomic E-state index is 0.156. The second-order valence-corrected chi connectivity index (χ2v) is 5.91. The summed E-state index contributed by atoms with van der Waals surface area (Å²) in [7, 11) is 1.32. The Morgan fingerprint density at radius 2 is 2.10 bits per heavy atom. The first kappa shape index (κ1) is 15.3. The van der Waals surface area contributed by atoms with Crippen molar-refractivity contribution >= 4 is 28.2 Å². The van der Waals surface area contributed by atoms with Crippen molar-refractivity contribution < 1.29 is 18.7 Å². The maximum absolute atomic E-state index is 12.0. The highest BCUT2D eigenvalue weighted by atomic mass is 32.1. The number of aryl methyl sites for hydroxylation is 3. The highest BCUT2D eigenvalue weighted by molar-refractivity contribution is 7.16. The first-order chi connectivity index (χ1) is 9.99. The van der Waals surface area contributed by atoms with Gasteiger partial charge in [-0.25, -0.2) is 4.79 Å². The van der Waals surface area contributed by atoms with Gasteiger partial charge in [-0.05, 0) is 32.0 Å². The van der Waals surface area contributed by atoms with Gasteiger partial charge < -0.3 is 14.5 Å². The molecule has 1 N–H and O–H groups in total. The Labute approximate surface area is 126 Å². The molecule has 6 heteroatoms. The van der Waals surface area contributed by atoms with Crippen LogP contribution in [0.4, 0.5) is 5.00 Å². The van der Waals surface area contributed by atoms with E-state index in [0.29, 0.717) is 23.4 Å². The van der Waals surface area contributed by atoms with Gasteiger partial charge in [0, 0.05) is 17.7 Å². The largest absolute Gasteiger partial charge is 0.466 e. The molecular weight excluding hydrogens is 290 g/mol. The van der Waals surface area contributed by atoms with E-state index in [1.165, 1.54) is 18.4 Å². The van der Waals surface area contributed by atoms with Crippen molar-refractivity contribution in [2.24, 2.45) is 0 Å². The molecule has 2 heterocycles. The maximum Gasteiger partial charge on any atom is 0.340 e. The van der Waals surface area contributed by atoms with Gasteiger partial charge in [-0.2, -0.15) is 0 Å². The molecule has 0 aliphatic carbocycles. The summed E-state index contributed by atoms with van der Waals surface area (Å²) < 4.78 is 10.1. The summed E-state index contributed by atoms with van der Waals surface area (Å²) in [6.45, 7) is 3.74. The molecule has 2 rings (SSSR count). The van der Waals surface area contributed by atoms with Gasteiger partial charge in [0.05, 0.1) is 12.7 Å². The molecule has 0 spiro atoms. The van der Waals surface area contributed by atoms with Crippen molar-refractivity contribution in [3.8, 4) is 0 Å². The minimum Gasteiger partial charge on any atom is -0.466 e. The normalized spacial score (nSPS) is 10.4. The summed E-state index contributed by atoms with van der Waals surface area (Å²) >= 11 is 1.36. The van der Waals surface area contributed by atoms with Gasteiger partial charge in [0.1, 0.15) is 16.5 Å². The van der Waals surface area contributed by atoms with Crippen molar-refractivity contribution in [3.05, 3.63) is 40.2 Å². The van der Waals surface area contributed by atoms with Crippen LogP contribution in [0.5, 0.6) is 0 Å². The minimum atomic E-state index is -0.448. The number of methoxy groups -OCH3 is 1. The fourth-order valence-corrected chi connectivity index (χ4v) is 2.83. The fourth-order valence-electron chi connectivity index (χ4n) is 1.91. The summed E-state index contributed by atoms with van der Waals surface area (Å²) in [6.07, 6.45) is 0.822. The van der Waals surface area contributed by atoms with Gasteiger partial charge in [-0.15, -0.1) is 11.3 Å².